The second-order valence-electron chi connectivity index (χ2n) is 3.26. The number of imidazole rings is 1. The number of H-pyrrole nitrogens is 1. The number of rotatable bonds is 3. The zero-order valence-corrected chi connectivity index (χ0v) is 11.9. The summed E-state index contributed by atoms with van der Waals surface area (Å²) in [4.78, 5) is 19.0. The fourth-order valence-corrected chi connectivity index (χ4v) is 2.35. The number of aromatic nitrogens is 2. The van der Waals surface area contributed by atoms with Crippen LogP contribution >= 0.6 is 38.5 Å². The topological polar surface area (TPSA) is 45.8 Å². The van der Waals surface area contributed by atoms with Gasteiger partial charge >= 0.3 is 0 Å². The van der Waals surface area contributed by atoms with Gasteiger partial charge in [0.05, 0.1) is 6.42 Å². The molecule has 0 aliphatic rings. The van der Waals surface area contributed by atoms with E-state index in [1.54, 1.807) is 12.4 Å². The SMILES string of the molecule is O=C(Cc1ncc[nH]1)c1cc(Br)ccc1I. The van der Waals surface area contributed by atoms with E-state index in [1.807, 2.05) is 18.2 Å². The second kappa shape index (κ2) is 5.09. The Morgan fingerprint density at radius 3 is 3.00 bits per heavy atom. The molecule has 0 aliphatic carbocycles. The lowest BCUT2D eigenvalue weighted by Crippen LogP contribution is -2.06. The van der Waals surface area contributed by atoms with Crippen LogP contribution in [0, 0.1) is 3.57 Å². The van der Waals surface area contributed by atoms with Crippen molar-refractivity contribution in [2.24, 2.45) is 0 Å². The average Bonchev–Trinajstić information content (AvgIpc) is 2.74. The number of Topliss-reactive ketones (excluding diaryl/α,β-unsaturated/α-hetero) is 1. The van der Waals surface area contributed by atoms with Crippen molar-refractivity contribution in [2.45, 2.75) is 6.42 Å². The van der Waals surface area contributed by atoms with Crippen molar-refractivity contribution in [3.8, 4) is 0 Å². The molecule has 1 aromatic heterocycles. The number of nitrogens with one attached hydrogen (secondary N) is 1. The summed E-state index contributed by atoms with van der Waals surface area (Å²) in [5.41, 5.74) is 0.728. The van der Waals surface area contributed by atoms with Crippen LogP contribution in [0.1, 0.15) is 16.2 Å². The predicted octanol–water partition coefficient (Wildman–Crippen LogP) is 3.20. The number of carbonyl (C=O) groups is 1. The van der Waals surface area contributed by atoms with Gasteiger partial charge in [0, 0.05) is 26.0 Å². The summed E-state index contributed by atoms with van der Waals surface area (Å²) in [6.07, 6.45) is 3.67. The van der Waals surface area contributed by atoms with Gasteiger partial charge in [-0.05, 0) is 40.8 Å². The van der Waals surface area contributed by atoms with E-state index < -0.39 is 0 Å². The molecular formula is C11H8BrIN2O. The molecule has 2 rings (SSSR count). The van der Waals surface area contributed by atoms with Crippen LogP contribution in [0.25, 0.3) is 0 Å². The minimum absolute atomic E-state index is 0.0700. The zero-order valence-electron chi connectivity index (χ0n) is 8.21. The van der Waals surface area contributed by atoms with Gasteiger partial charge in [0.2, 0.25) is 0 Å². The third kappa shape index (κ3) is 2.70. The van der Waals surface area contributed by atoms with Gasteiger partial charge in [-0.25, -0.2) is 4.98 Å². The predicted molar refractivity (Wildman–Crippen MR) is 73.5 cm³/mol. The summed E-state index contributed by atoms with van der Waals surface area (Å²) >= 11 is 5.52. The van der Waals surface area contributed by atoms with Gasteiger partial charge in [-0.2, -0.15) is 0 Å². The summed E-state index contributed by atoms with van der Waals surface area (Å²) < 4.78 is 1.87. The van der Waals surface area contributed by atoms with E-state index in [2.05, 4.69) is 48.5 Å². The van der Waals surface area contributed by atoms with Crippen LogP contribution in [0.5, 0.6) is 0 Å². The number of aromatic amines is 1. The summed E-state index contributed by atoms with van der Waals surface area (Å²) in [5, 5.41) is 0. The van der Waals surface area contributed by atoms with E-state index in [0.29, 0.717) is 12.2 Å². The van der Waals surface area contributed by atoms with Crippen LogP contribution < -0.4 is 0 Å². The Morgan fingerprint density at radius 1 is 1.50 bits per heavy atom. The van der Waals surface area contributed by atoms with E-state index in [9.17, 15) is 4.79 Å². The summed E-state index contributed by atoms with van der Waals surface area (Å²) in [6, 6.07) is 5.68. The molecule has 0 fully saturated rings. The van der Waals surface area contributed by atoms with Crippen LogP contribution in [0.4, 0.5) is 0 Å². The highest BCUT2D eigenvalue weighted by Gasteiger charge is 2.12. The molecule has 0 bridgehead atoms. The highest BCUT2D eigenvalue weighted by Crippen LogP contribution is 2.19. The fourth-order valence-electron chi connectivity index (χ4n) is 1.35. The first-order chi connectivity index (χ1) is 7.66. The maximum absolute atomic E-state index is 12.0. The van der Waals surface area contributed by atoms with Crippen LogP contribution in [0.3, 0.4) is 0 Å². The number of carbonyl (C=O) groups excluding carboxylic acids is 1. The molecule has 1 N–H and O–H groups in total. The number of nitrogens with zero attached hydrogens (tertiary/aromatic N) is 1. The highest BCUT2D eigenvalue weighted by molar-refractivity contribution is 14.1. The van der Waals surface area contributed by atoms with E-state index in [0.717, 1.165) is 13.6 Å². The van der Waals surface area contributed by atoms with Gasteiger partial charge in [-0.1, -0.05) is 15.9 Å². The molecule has 0 saturated heterocycles. The zero-order chi connectivity index (χ0) is 11.5. The molecule has 0 amide bonds. The van der Waals surface area contributed by atoms with E-state index in [1.165, 1.54) is 0 Å². The standard InChI is InChI=1S/C11H8BrIN2O/c12-7-1-2-9(13)8(5-7)10(16)6-11-14-3-4-15-11/h1-5H,6H2,(H,14,15). The molecule has 82 valence electrons. The van der Waals surface area contributed by atoms with Crippen molar-refractivity contribution >= 4 is 44.3 Å². The Hall–Kier alpha value is -0.690. The number of ketones is 1. The van der Waals surface area contributed by atoms with Crippen LogP contribution in [0.2, 0.25) is 0 Å². The first-order valence-corrected chi connectivity index (χ1v) is 6.50. The molecule has 16 heavy (non-hydrogen) atoms. The first-order valence-electron chi connectivity index (χ1n) is 4.63. The van der Waals surface area contributed by atoms with Crippen LogP contribution in [-0.2, 0) is 6.42 Å². The van der Waals surface area contributed by atoms with E-state index in [-0.39, 0.29) is 5.78 Å². The molecule has 0 unspecified atom stereocenters. The normalized spacial score (nSPS) is 10.4. The second-order valence-corrected chi connectivity index (χ2v) is 5.34. The third-order valence-electron chi connectivity index (χ3n) is 2.11. The molecule has 1 aromatic carbocycles. The molecule has 0 atom stereocenters. The Morgan fingerprint density at radius 2 is 2.31 bits per heavy atom. The van der Waals surface area contributed by atoms with Crippen molar-refractivity contribution in [1.29, 1.82) is 0 Å². The quantitative estimate of drug-likeness (QED) is 0.646. The molecule has 2 aromatic rings. The molecule has 0 aliphatic heterocycles. The molecule has 0 radical (unpaired) electrons. The summed E-state index contributed by atoms with van der Waals surface area (Å²) in [6.45, 7) is 0. The van der Waals surface area contributed by atoms with E-state index >= 15 is 0 Å². The molecule has 5 heteroatoms. The van der Waals surface area contributed by atoms with Crippen molar-refractivity contribution < 1.29 is 4.79 Å². The monoisotopic (exact) mass is 390 g/mol. The Kier molecular flexibility index (Phi) is 3.75. The number of benzene rings is 1. The van der Waals surface area contributed by atoms with Gasteiger partial charge in [-0.3, -0.25) is 4.79 Å². The largest absolute Gasteiger partial charge is 0.348 e. The van der Waals surface area contributed by atoms with E-state index in [4.69, 9.17) is 0 Å². The Labute approximate surface area is 115 Å². The molecule has 3 nitrogen and oxygen atoms in total. The van der Waals surface area contributed by atoms with Crippen molar-refractivity contribution in [3.05, 3.63) is 50.0 Å². The molecule has 0 saturated carbocycles. The lowest BCUT2D eigenvalue weighted by molar-refractivity contribution is 0.0990. The maximum Gasteiger partial charge on any atom is 0.171 e. The van der Waals surface area contributed by atoms with Gasteiger partial charge in [-0.15, -0.1) is 0 Å². The first kappa shape index (κ1) is 11.8. The smallest absolute Gasteiger partial charge is 0.171 e. The van der Waals surface area contributed by atoms with Crippen molar-refractivity contribution in [1.82, 2.24) is 9.97 Å². The van der Waals surface area contributed by atoms with Gasteiger partial charge in [0.25, 0.3) is 0 Å². The lowest BCUT2D eigenvalue weighted by Gasteiger charge is -2.03. The fraction of sp³-hybridized carbons (Fsp3) is 0.0909. The van der Waals surface area contributed by atoms with Crippen LogP contribution in [0.15, 0.2) is 35.1 Å². The van der Waals surface area contributed by atoms with Crippen LogP contribution in [-0.4, -0.2) is 15.8 Å². The van der Waals surface area contributed by atoms with Gasteiger partial charge in [0.15, 0.2) is 5.78 Å². The minimum Gasteiger partial charge on any atom is -0.348 e. The van der Waals surface area contributed by atoms with Crippen molar-refractivity contribution in [2.75, 3.05) is 0 Å². The summed E-state index contributed by atoms with van der Waals surface area (Å²) in [7, 11) is 0. The number of hydrogen-bond acceptors (Lipinski definition) is 2. The maximum atomic E-state index is 12.0. The average molecular weight is 391 g/mol. The third-order valence-corrected chi connectivity index (χ3v) is 3.55. The lowest BCUT2D eigenvalue weighted by atomic mass is 10.1. The number of halogens is 2. The molecule has 1 heterocycles. The highest BCUT2D eigenvalue weighted by atomic mass is 127. The molecular weight excluding hydrogens is 383 g/mol. The Bertz CT molecular complexity index is 511. The molecule has 0 spiro atoms. The van der Waals surface area contributed by atoms with Gasteiger partial charge < -0.3 is 4.98 Å². The summed E-state index contributed by atoms with van der Waals surface area (Å²) in [5.74, 6) is 0.765. The van der Waals surface area contributed by atoms with Crippen molar-refractivity contribution in [3.63, 3.8) is 0 Å². The van der Waals surface area contributed by atoms with Gasteiger partial charge in [0.1, 0.15) is 5.82 Å². The minimum atomic E-state index is 0.0700. The Balaban J connectivity index is 2.24. The number of hydrogen-bond donors (Lipinski definition) is 1.